The molecule has 0 spiro atoms. The van der Waals surface area contributed by atoms with Gasteiger partial charge < -0.3 is 15.0 Å². The molecule has 33 heavy (non-hydrogen) atoms. The Labute approximate surface area is 191 Å². The molecule has 180 valence electrons. The summed E-state index contributed by atoms with van der Waals surface area (Å²) < 4.78 is 73.8. The first kappa shape index (κ1) is 24.7. The van der Waals surface area contributed by atoms with E-state index < -0.39 is 21.8 Å². The van der Waals surface area contributed by atoms with E-state index in [4.69, 9.17) is 4.74 Å². The molecule has 0 saturated carbocycles. The van der Waals surface area contributed by atoms with Crippen LogP contribution < -0.4 is 19.7 Å². The SMILES string of the molecule is COc1cc(S(=O)(=O)Nc2cc(C(F)(F)F)ccc2N2CCCCCC2)ccc1NC(C)=O. The summed E-state index contributed by atoms with van der Waals surface area (Å²) in [6.07, 6.45) is -0.859. The van der Waals surface area contributed by atoms with Crippen molar-refractivity contribution in [2.24, 2.45) is 0 Å². The largest absolute Gasteiger partial charge is 0.495 e. The zero-order chi connectivity index (χ0) is 24.2. The van der Waals surface area contributed by atoms with E-state index in [1.807, 2.05) is 4.90 Å². The van der Waals surface area contributed by atoms with Crippen LogP contribution in [0.15, 0.2) is 41.3 Å². The molecule has 1 fully saturated rings. The lowest BCUT2D eigenvalue weighted by molar-refractivity contribution is -0.137. The van der Waals surface area contributed by atoms with E-state index in [9.17, 15) is 26.4 Å². The van der Waals surface area contributed by atoms with Crippen LogP contribution >= 0.6 is 0 Å². The topological polar surface area (TPSA) is 87.7 Å². The molecule has 0 bridgehead atoms. The number of hydrogen-bond donors (Lipinski definition) is 2. The van der Waals surface area contributed by atoms with E-state index in [1.165, 1.54) is 38.3 Å². The minimum Gasteiger partial charge on any atom is -0.495 e. The summed E-state index contributed by atoms with van der Waals surface area (Å²) in [6, 6.07) is 6.90. The first-order valence-corrected chi connectivity index (χ1v) is 11.9. The zero-order valence-corrected chi connectivity index (χ0v) is 19.1. The van der Waals surface area contributed by atoms with Crippen molar-refractivity contribution >= 4 is 33.0 Å². The van der Waals surface area contributed by atoms with Gasteiger partial charge in [0.25, 0.3) is 10.0 Å². The second-order valence-corrected chi connectivity index (χ2v) is 9.46. The number of rotatable bonds is 6. The van der Waals surface area contributed by atoms with Gasteiger partial charge in [-0.3, -0.25) is 9.52 Å². The van der Waals surface area contributed by atoms with Crippen LogP contribution in [0.4, 0.5) is 30.2 Å². The summed E-state index contributed by atoms with van der Waals surface area (Å²) in [5.41, 5.74) is -0.419. The minimum absolute atomic E-state index is 0.102. The predicted octanol–water partition coefficient (Wildman–Crippen LogP) is 4.85. The number of nitrogens with zero attached hydrogens (tertiary/aromatic N) is 1. The molecule has 0 radical (unpaired) electrons. The molecule has 11 heteroatoms. The van der Waals surface area contributed by atoms with E-state index in [0.29, 0.717) is 18.8 Å². The normalized spacial score (nSPS) is 15.0. The van der Waals surface area contributed by atoms with Crippen molar-refractivity contribution in [2.75, 3.05) is 35.1 Å². The van der Waals surface area contributed by atoms with E-state index in [2.05, 4.69) is 10.0 Å². The van der Waals surface area contributed by atoms with Crippen molar-refractivity contribution in [2.45, 2.75) is 43.7 Å². The van der Waals surface area contributed by atoms with Gasteiger partial charge in [-0.05, 0) is 43.2 Å². The van der Waals surface area contributed by atoms with E-state index >= 15 is 0 Å². The fourth-order valence-corrected chi connectivity index (χ4v) is 4.80. The number of hydrogen-bond acceptors (Lipinski definition) is 5. The molecule has 1 saturated heterocycles. The highest BCUT2D eigenvalue weighted by atomic mass is 32.2. The van der Waals surface area contributed by atoms with Gasteiger partial charge in [0.2, 0.25) is 5.91 Å². The number of carbonyl (C=O) groups excluding carboxylic acids is 1. The van der Waals surface area contributed by atoms with Crippen molar-refractivity contribution < 1.29 is 31.1 Å². The van der Waals surface area contributed by atoms with Gasteiger partial charge in [-0.25, -0.2) is 8.42 Å². The molecule has 2 aromatic carbocycles. The van der Waals surface area contributed by atoms with E-state index in [-0.39, 0.29) is 27.9 Å². The number of alkyl halides is 3. The van der Waals surface area contributed by atoms with Crippen LogP contribution in [0.3, 0.4) is 0 Å². The number of anilines is 3. The highest BCUT2D eigenvalue weighted by Crippen LogP contribution is 2.37. The highest BCUT2D eigenvalue weighted by molar-refractivity contribution is 7.92. The average Bonchev–Trinajstić information content (AvgIpc) is 3.02. The molecule has 2 N–H and O–H groups in total. The number of amides is 1. The third-order valence-electron chi connectivity index (χ3n) is 5.31. The third kappa shape index (κ3) is 6.10. The molecule has 7 nitrogen and oxygen atoms in total. The summed E-state index contributed by atoms with van der Waals surface area (Å²) in [5.74, 6) is -0.266. The maximum Gasteiger partial charge on any atom is 0.416 e. The van der Waals surface area contributed by atoms with Gasteiger partial charge in [-0.15, -0.1) is 0 Å². The smallest absolute Gasteiger partial charge is 0.416 e. The van der Waals surface area contributed by atoms with Gasteiger partial charge >= 0.3 is 6.18 Å². The monoisotopic (exact) mass is 485 g/mol. The molecule has 2 aromatic rings. The lowest BCUT2D eigenvalue weighted by Gasteiger charge is -2.26. The summed E-state index contributed by atoms with van der Waals surface area (Å²) in [6.45, 7) is 2.54. The Morgan fingerprint density at radius 2 is 1.67 bits per heavy atom. The first-order valence-electron chi connectivity index (χ1n) is 10.5. The van der Waals surface area contributed by atoms with Crippen LogP contribution in [-0.2, 0) is 21.0 Å². The lowest BCUT2D eigenvalue weighted by atomic mass is 10.1. The van der Waals surface area contributed by atoms with Crippen molar-refractivity contribution in [3.63, 3.8) is 0 Å². The molecule has 0 aromatic heterocycles. The third-order valence-corrected chi connectivity index (χ3v) is 6.67. The molecular weight excluding hydrogens is 459 g/mol. The Morgan fingerprint density at radius 3 is 2.24 bits per heavy atom. The molecule has 1 aliphatic rings. The van der Waals surface area contributed by atoms with Crippen molar-refractivity contribution in [3.05, 3.63) is 42.0 Å². The van der Waals surface area contributed by atoms with Crippen LogP contribution in [0.25, 0.3) is 0 Å². The molecule has 0 aliphatic carbocycles. The van der Waals surface area contributed by atoms with Crippen molar-refractivity contribution in [1.29, 1.82) is 0 Å². The highest BCUT2D eigenvalue weighted by Gasteiger charge is 2.32. The Hall–Kier alpha value is -2.95. The Balaban J connectivity index is 2.01. The van der Waals surface area contributed by atoms with Crippen LogP contribution in [0.1, 0.15) is 38.2 Å². The summed E-state index contributed by atoms with van der Waals surface area (Å²) in [5, 5.41) is 2.52. The predicted molar refractivity (Wildman–Crippen MR) is 120 cm³/mol. The molecular formula is C22H26F3N3O4S. The minimum atomic E-state index is -4.62. The van der Waals surface area contributed by atoms with Crippen molar-refractivity contribution in [1.82, 2.24) is 0 Å². The lowest BCUT2D eigenvalue weighted by Crippen LogP contribution is -2.26. The number of nitrogens with one attached hydrogen (secondary N) is 2. The number of methoxy groups -OCH3 is 1. The Kier molecular flexibility index (Phi) is 7.41. The number of halogens is 3. The fourth-order valence-electron chi connectivity index (χ4n) is 3.72. The molecule has 1 heterocycles. The Morgan fingerprint density at radius 1 is 1.00 bits per heavy atom. The number of sulfonamides is 1. The van der Waals surface area contributed by atoms with Gasteiger partial charge in [0.15, 0.2) is 0 Å². The van der Waals surface area contributed by atoms with E-state index in [0.717, 1.165) is 37.8 Å². The second kappa shape index (κ2) is 9.90. The van der Waals surface area contributed by atoms with Gasteiger partial charge in [-0.1, -0.05) is 12.8 Å². The molecule has 1 amide bonds. The average molecular weight is 486 g/mol. The second-order valence-electron chi connectivity index (χ2n) is 7.78. The van der Waals surface area contributed by atoms with Gasteiger partial charge in [0.1, 0.15) is 5.75 Å². The molecule has 0 atom stereocenters. The number of ether oxygens (including phenoxy) is 1. The summed E-state index contributed by atoms with van der Waals surface area (Å²) in [4.78, 5) is 13.0. The standard InChI is InChI=1S/C22H26F3N3O4S/c1-15(29)26-18-9-8-17(14-21(18)32-2)33(30,31)27-19-13-16(22(23,24)25)7-10-20(19)28-11-5-3-4-6-12-28/h7-10,13-14,27H,3-6,11-12H2,1-2H3,(H,26,29). The molecule has 0 unspecified atom stereocenters. The maximum absolute atomic E-state index is 13.4. The first-order chi connectivity index (χ1) is 15.5. The van der Waals surface area contributed by atoms with Gasteiger partial charge in [0, 0.05) is 26.1 Å². The molecule has 1 aliphatic heterocycles. The number of benzene rings is 2. The zero-order valence-electron chi connectivity index (χ0n) is 18.3. The Bertz CT molecular complexity index is 1110. The fraction of sp³-hybridized carbons (Fsp3) is 0.409. The van der Waals surface area contributed by atoms with Crippen LogP contribution in [0.2, 0.25) is 0 Å². The van der Waals surface area contributed by atoms with Crippen LogP contribution in [-0.4, -0.2) is 34.5 Å². The maximum atomic E-state index is 13.4. The van der Waals surface area contributed by atoms with E-state index in [1.54, 1.807) is 0 Å². The summed E-state index contributed by atoms with van der Waals surface area (Å²) >= 11 is 0. The van der Waals surface area contributed by atoms with Crippen LogP contribution in [0, 0.1) is 0 Å². The summed E-state index contributed by atoms with van der Waals surface area (Å²) in [7, 11) is -2.95. The van der Waals surface area contributed by atoms with Gasteiger partial charge in [-0.2, -0.15) is 13.2 Å². The van der Waals surface area contributed by atoms with Gasteiger partial charge in [0.05, 0.1) is 34.6 Å². The van der Waals surface area contributed by atoms with Crippen molar-refractivity contribution in [3.8, 4) is 5.75 Å². The number of carbonyl (C=O) groups is 1. The van der Waals surface area contributed by atoms with Crippen LogP contribution in [0.5, 0.6) is 5.75 Å². The molecule has 3 rings (SSSR count). The quantitative estimate of drug-likeness (QED) is 0.611.